The summed E-state index contributed by atoms with van der Waals surface area (Å²) in [4.78, 5) is 3.72. The Labute approximate surface area is 105 Å². The number of nitrogens with zero attached hydrogens (tertiary/aromatic N) is 1. The van der Waals surface area contributed by atoms with Gasteiger partial charge in [-0.05, 0) is 24.1 Å². The third-order valence-electron chi connectivity index (χ3n) is 1.47. The van der Waals surface area contributed by atoms with Gasteiger partial charge >= 0.3 is 39.9 Å². The summed E-state index contributed by atoms with van der Waals surface area (Å²) >= 11 is 0. The van der Waals surface area contributed by atoms with Gasteiger partial charge < -0.3 is 0 Å². The molecule has 0 fully saturated rings. The number of anilines is 1. The van der Waals surface area contributed by atoms with Crippen molar-refractivity contribution < 1.29 is 13.0 Å². The molecule has 0 radical (unpaired) electrons. The molecule has 14 heavy (non-hydrogen) atoms. The van der Waals surface area contributed by atoms with Crippen LogP contribution >= 0.6 is 0 Å². The summed E-state index contributed by atoms with van der Waals surface area (Å²) < 4.78 is 31.1. The Kier molecular flexibility index (Phi) is 5.61. The molecule has 0 saturated carbocycles. The molecular formula is C7H11N2NaO3S. The molecule has 0 amide bonds. The molecule has 1 aromatic heterocycles. The fraction of sp³-hybridized carbons (Fsp3) is 0.286. The van der Waals surface area contributed by atoms with E-state index in [0.717, 1.165) is 12.0 Å². The second-order valence-corrected chi connectivity index (χ2v) is 3.63. The minimum absolute atomic E-state index is 0. The van der Waals surface area contributed by atoms with Crippen molar-refractivity contribution in [3.63, 3.8) is 0 Å². The van der Waals surface area contributed by atoms with Crippen LogP contribution in [0.2, 0.25) is 0 Å². The van der Waals surface area contributed by atoms with E-state index in [1.54, 1.807) is 12.1 Å². The first kappa shape index (κ1) is 13.9. The monoisotopic (exact) mass is 226 g/mol. The Balaban J connectivity index is 0.00000169. The van der Waals surface area contributed by atoms with Gasteiger partial charge in [-0.25, -0.2) is 9.71 Å². The fourth-order valence-electron chi connectivity index (χ4n) is 0.882. The summed E-state index contributed by atoms with van der Waals surface area (Å²) in [6.07, 6.45) is 2.26. The molecular weight excluding hydrogens is 215 g/mol. The first-order chi connectivity index (χ1) is 6.01. The molecule has 1 rings (SSSR count). The molecule has 1 heterocycles. The van der Waals surface area contributed by atoms with Crippen LogP contribution in [0.3, 0.4) is 0 Å². The third kappa shape index (κ3) is 4.92. The van der Waals surface area contributed by atoms with E-state index in [1.807, 2.05) is 11.6 Å². The number of nitrogens with one attached hydrogen (secondary N) is 1. The molecule has 0 atom stereocenters. The minimum atomic E-state index is -4.21. The average molecular weight is 226 g/mol. The number of hydrogen-bond donors (Lipinski definition) is 2. The molecule has 0 saturated heterocycles. The molecule has 0 unspecified atom stereocenters. The standard InChI is InChI=1S/C7H10N2O3S.Na.H/c1-2-6-3-4-8-7(5-6)9-13(10,11)12;;/h3-5H,2H2,1H3,(H,8,9)(H,10,11,12);;. The zero-order valence-corrected chi connectivity index (χ0v) is 7.87. The van der Waals surface area contributed by atoms with E-state index in [1.165, 1.54) is 6.20 Å². The van der Waals surface area contributed by atoms with Gasteiger partial charge in [0.15, 0.2) is 0 Å². The summed E-state index contributed by atoms with van der Waals surface area (Å²) in [6, 6.07) is 3.34. The fourth-order valence-corrected chi connectivity index (χ4v) is 1.26. The van der Waals surface area contributed by atoms with E-state index < -0.39 is 10.3 Å². The molecule has 0 aliphatic carbocycles. The van der Waals surface area contributed by atoms with Gasteiger partial charge in [-0.15, -0.1) is 0 Å². The van der Waals surface area contributed by atoms with Gasteiger partial charge in [0.1, 0.15) is 5.82 Å². The van der Waals surface area contributed by atoms with Crippen LogP contribution < -0.4 is 4.72 Å². The van der Waals surface area contributed by atoms with Gasteiger partial charge in [0.2, 0.25) is 0 Å². The predicted octanol–water partition coefficient (Wildman–Crippen LogP) is 0.210. The Morgan fingerprint density at radius 3 is 2.71 bits per heavy atom. The van der Waals surface area contributed by atoms with Crippen molar-refractivity contribution in [3.05, 3.63) is 23.9 Å². The van der Waals surface area contributed by atoms with Crippen molar-refractivity contribution in [1.82, 2.24) is 4.98 Å². The summed E-state index contributed by atoms with van der Waals surface area (Å²) in [6.45, 7) is 1.94. The third-order valence-corrected chi connectivity index (χ3v) is 1.93. The van der Waals surface area contributed by atoms with Crippen molar-refractivity contribution in [2.75, 3.05) is 4.72 Å². The van der Waals surface area contributed by atoms with E-state index in [0.29, 0.717) is 0 Å². The quantitative estimate of drug-likeness (QED) is 0.570. The van der Waals surface area contributed by atoms with Gasteiger partial charge in [0, 0.05) is 6.20 Å². The number of hydrogen-bond acceptors (Lipinski definition) is 3. The Morgan fingerprint density at radius 1 is 1.57 bits per heavy atom. The number of aryl methyl sites for hydroxylation is 1. The van der Waals surface area contributed by atoms with E-state index in [-0.39, 0.29) is 35.4 Å². The summed E-state index contributed by atoms with van der Waals surface area (Å²) in [5.41, 5.74) is 0.946. The molecule has 0 aromatic carbocycles. The van der Waals surface area contributed by atoms with Crippen LogP contribution in [0, 0.1) is 0 Å². The first-order valence-electron chi connectivity index (χ1n) is 3.71. The van der Waals surface area contributed by atoms with Gasteiger partial charge in [-0.3, -0.25) is 4.55 Å². The van der Waals surface area contributed by atoms with Crippen molar-refractivity contribution in [2.45, 2.75) is 13.3 Å². The van der Waals surface area contributed by atoms with Crippen LogP contribution in [0.5, 0.6) is 0 Å². The van der Waals surface area contributed by atoms with Crippen LogP contribution in [0.25, 0.3) is 0 Å². The molecule has 74 valence electrons. The van der Waals surface area contributed by atoms with Crippen LogP contribution in [0.4, 0.5) is 5.82 Å². The number of pyridine rings is 1. The van der Waals surface area contributed by atoms with Crippen molar-refractivity contribution >= 4 is 45.7 Å². The van der Waals surface area contributed by atoms with Crippen molar-refractivity contribution in [3.8, 4) is 0 Å². The molecule has 5 nitrogen and oxygen atoms in total. The zero-order chi connectivity index (χ0) is 9.90. The Bertz CT molecular complexity index is 394. The maximum absolute atomic E-state index is 10.4. The van der Waals surface area contributed by atoms with Crippen LogP contribution in [-0.4, -0.2) is 47.5 Å². The van der Waals surface area contributed by atoms with E-state index >= 15 is 0 Å². The van der Waals surface area contributed by atoms with E-state index in [2.05, 4.69) is 4.98 Å². The summed E-state index contributed by atoms with van der Waals surface area (Å²) in [5.74, 6) is 0.127. The maximum atomic E-state index is 10.4. The molecule has 0 bridgehead atoms. The molecule has 7 heteroatoms. The van der Waals surface area contributed by atoms with Crippen LogP contribution in [0.1, 0.15) is 12.5 Å². The summed E-state index contributed by atoms with van der Waals surface area (Å²) in [5, 5.41) is 0. The van der Waals surface area contributed by atoms with Gasteiger partial charge in [-0.1, -0.05) is 6.92 Å². The second-order valence-electron chi connectivity index (χ2n) is 2.48. The van der Waals surface area contributed by atoms with Crippen LogP contribution in [0.15, 0.2) is 18.3 Å². The second kappa shape index (κ2) is 5.67. The van der Waals surface area contributed by atoms with Crippen molar-refractivity contribution in [1.29, 1.82) is 0 Å². The average Bonchev–Trinajstić information content (AvgIpc) is 2.01. The van der Waals surface area contributed by atoms with E-state index in [4.69, 9.17) is 4.55 Å². The van der Waals surface area contributed by atoms with E-state index in [9.17, 15) is 8.42 Å². The molecule has 0 aliphatic rings. The zero-order valence-electron chi connectivity index (χ0n) is 7.06. The Morgan fingerprint density at radius 2 is 2.21 bits per heavy atom. The van der Waals surface area contributed by atoms with Crippen molar-refractivity contribution in [2.24, 2.45) is 0 Å². The predicted molar refractivity (Wildman–Crippen MR) is 55.9 cm³/mol. The topological polar surface area (TPSA) is 79.3 Å². The Hall–Kier alpha value is -0.140. The first-order valence-corrected chi connectivity index (χ1v) is 5.15. The van der Waals surface area contributed by atoms with Crippen LogP contribution in [-0.2, 0) is 16.7 Å². The SMILES string of the molecule is CCc1ccnc(NS(=O)(=O)O)c1.[NaH]. The normalized spacial score (nSPS) is 10.4. The summed E-state index contributed by atoms with van der Waals surface area (Å²) in [7, 11) is -4.21. The van der Waals surface area contributed by atoms with Gasteiger partial charge in [0.25, 0.3) is 0 Å². The number of rotatable bonds is 3. The number of aromatic nitrogens is 1. The molecule has 1 aromatic rings. The van der Waals surface area contributed by atoms with Gasteiger partial charge in [0.05, 0.1) is 0 Å². The van der Waals surface area contributed by atoms with Gasteiger partial charge in [-0.2, -0.15) is 8.42 Å². The molecule has 0 aliphatic heterocycles. The molecule has 2 N–H and O–H groups in total. The molecule has 0 spiro atoms.